The summed E-state index contributed by atoms with van der Waals surface area (Å²) in [5.41, 5.74) is 9.32. The first kappa shape index (κ1) is 16.5. The molecular weight excluding hydrogens is 322 g/mol. The lowest BCUT2D eigenvalue weighted by atomic mass is 10.1. The number of nitrogen functional groups attached to an aromatic ring is 1. The molecule has 1 unspecified atom stereocenters. The lowest BCUT2D eigenvalue weighted by molar-refractivity contribution is 0.415. The van der Waals surface area contributed by atoms with Crippen LogP contribution in [0.15, 0.2) is 47.6 Å². The van der Waals surface area contributed by atoms with E-state index in [0.717, 1.165) is 21.5 Å². The Morgan fingerprint density at radius 2 is 1.96 bits per heavy atom. The zero-order chi connectivity index (χ0) is 17.5. The fraction of sp³-hybridized carbons (Fsp3) is 0.278. The van der Waals surface area contributed by atoms with Crippen molar-refractivity contribution in [3.63, 3.8) is 0 Å². The first-order chi connectivity index (χ1) is 11.3. The Morgan fingerprint density at radius 3 is 2.62 bits per heavy atom. The lowest BCUT2D eigenvalue weighted by Gasteiger charge is -2.17. The largest absolute Gasteiger partial charge is 0.497 e. The van der Waals surface area contributed by atoms with Crippen molar-refractivity contribution in [2.75, 3.05) is 12.8 Å². The fourth-order valence-corrected chi connectivity index (χ4v) is 3.66. The molecule has 0 radical (unpaired) electrons. The van der Waals surface area contributed by atoms with Crippen LogP contribution in [0.1, 0.15) is 20.8 Å². The molecule has 126 valence electrons. The Labute approximate surface area is 143 Å². The molecule has 0 amide bonds. The summed E-state index contributed by atoms with van der Waals surface area (Å²) in [6.07, 6.45) is 3.62. The van der Waals surface area contributed by atoms with Crippen LogP contribution in [0, 0.1) is 0 Å². The number of hydrogen-bond acceptors (Lipinski definition) is 4. The number of ether oxygens (including phenoxy) is 1. The maximum atomic E-state index is 12.7. The van der Waals surface area contributed by atoms with E-state index in [2.05, 4.69) is 5.10 Å². The van der Waals surface area contributed by atoms with Crippen molar-refractivity contribution in [1.82, 2.24) is 9.61 Å². The van der Waals surface area contributed by atoms with Gasteiger partial charge in [0.05, 0.1) is 29.6 Å². The number of anilines is 1. The molecule has 2 N–H and O–H groups in total. The summed E-state index contributed by atoms with van der Waals surface area (Å²) in [7, 11) is 0.504. The third-order valence-corrected chi connectivity index (χ3v) is 5.53. The zero-order valence-corrected chi connectivity index (χ0v) is 15.1. The molecule has 0 bridgehead atoms. The van der Waals surface area contributed by atoms with Gasteiger partial charge in [-0.25, -0.2) is 4.52 Å². The van der Waals surface area contributed by atoms with Crippen molar-refractivity contribution in [2.24, 2.45) is 0 Å². The van der Waals surface area contributed by atoms with E-state index in [1.165, 1.54) is 0 Å². The van der Waals surface area contributed by atoms with Gasteiger partial charge in [0, 0.05) is 33.2 Å². The van der Waals surface area contributed by atoms with E-state index in [-0.39, 0.29) is 4.75 Å². The third kappa shape index (κ3) is 3.01. The average molecular weight is 343 g/mol. The molecule has 6 heteroatoms. The minimum atomic E-state index is -1.11. The van der Waals surface area contributed by atoms with Crippen LogP contribution in [0.3, 0.4) is 0 Å². The van der Waals surface area contributed by atoms with Gasteiger partial charge in [0.1, 0.15) is 5.75 Å². The normalized spacial score (nSPS) is 13.2. The number of nitrogens with two attached hydrogens (primary N) is 1. The number of fused-ring (bicyclic) bond motifs is 1. The van der Waals surface area contributed by atoms with Crippen molar-refractivity contribution >= 4 is 22.0 Å². The van der Waals surface area contributed by atoms with Gasteiger partial charge in [-0.1, -0.05) is 0 Å². The van der Waals surface area contributed by atoms with Crippen LogP contribution in [0.5, 0.6) is 5.75 Å². The summed E-state index contributed by atoms with van der Waals surface area (Å²) in [5, 5.41) is 4.38. The van der Waals surface area contributed by atoms with Crippen LogP contribution in [-0.4, -0.2) is 25.7 Å². The van der Waals surface area contributed by atoms with Crippen LogP contribution in [0.4, 0.5) is 5.69 Å². The van der Waals surface area contributed by atoms with Crippen LogP contribution in [-0.2, 0) is 10.8 Å². The van der Waals surface area contributed by atoms with E-state index in [0.29, 0.717) is 11.4 Å². The number of benzene rings is 1. The molecule has 0 aliphatic heterocycles. The highest BCUT2D eigenvalue weighted by Crippen LogP contribution is 2.31. The van der Waals surface area contributed by atoms with Crippen molar-refractivity contribution in [2.45, 2.75) is 30.4 Å². The van der Waals surface area contributed by atoms with E-state index in [1.54, 1.807) is 23.9 Å². The van der Waals surface area contributed by atoms with Crippen LogP contribution < -0.4 is 10.5 Å². The minimum absolute atomic E-state index is 0.321. The first-order valence-corrected chi connectivity index (χ1v) is 8.79. The molecule has 0 fully saturated rings. The van der Waals surface area contributed by atoms with Gasteiger partial charge in [0.2, 0.25) is 0 Å². The Kier molecular flexibility index (Phi) is 4.09. The molecule has 0 saturated heterocycles. The summed E-state index contributed by atoms with van der Waals surface area (Å²) in [4.78, 5) is 0.785. The van der Waals surface area contributed by atoms with Gasteiger partial charge < -0.3 is 10.5 Å². The average Bonchev–Trinajstić information content (AvgIpc) is 2.95. The number of pyridine rings is 1. The number of nitrogens with zero attached hydrogens (tertiary/aromatic N) is 2. The van der Waals surface area contributed by atoms with Gasteiger partial charge in [-0.05, 0) is 50.6 Å². The smallest absolute Gasteiger partial charge is 0.121 e. The molecule has 0 saturated carbocycles. The highest BCUT2D eigenvalue weighted by Gasteiger charge is 2.22. The van der Waals surface area contributed by atoms with Gasteiger partial charge in [-0.3, -0.25) is 4.21 Å². The standard InChI is InChI=1S/C18H21N3O2S/c1-18(2,3)24(22)15-5-6-21-17(10-15)16(11-20-21)12-7-13(19)9-14(8-12)23-4/h5-11H,19H2,1-4H3. The lowest BCUT2D eigenvalue weighted by Crippen LogP contribution is -2.21. The SMILES string of the molecule is COc1cc(N)cc(-c2cnn3ccc(S(=O)C(C)(C)C)cc23)c1. The fourth-order valence-electron chi connectivity index (χ4n) is 2.55. The Balaban J connectivity index is 2.16. The van der Waals surface area contributed by atoms with E-state index in [1.807, 2.05) is 51.2 Å². The Bertz CT molecular complexity index is 926. The second kappa shape index (κ2) is 5.94. The zero-order valence-electron chi connectivity index (χ0n) is 14.2. The summed E-state index contributed by atoms with van der Waals surface area (Å²) >= 11 is 0. The van der Waals surface area contributed by atoms with E-state index >= 15 is 0 Å². The third-order valence-electron chi connectivity index (χ3n) is 3.74. The number of hydrogen-bond donors (Lipinski definition) is 1. The predicted octanol–water partition coefficient (Wildman–Crippen LogP) is 3.50. The molecule has 1 aromatic carbocycles. The first-order valence-electron chi connectivity index (χ1n) is 7.64. The summed E-state index contributed by atoms with van der Waals surface area (Å²) in [6.45, 7) is 5.90. The van der Waals surface area contributed by atoms with Gasteiger partial charge in [0.25, 0.3) is 0 Å². The maximum Gasteiger partial charge on any atom is 0.121 e. The topological polar surface area (TPSA) is 69.6 Å². The second-order valence-electron chi connectivity index (χ2n) is 6.63. The second-order valence-corrected chi connectivity index (χ2v) is 8.86. The van der Waals surface area contributed by atoms with Crippen molar-refractivity contribution in [1.29, 1.82) is 0 Å². The predicted molar refractivity (Wildman–Crippen MR) is 97.8 cm³/mol. The molecule has 3 rings (SSSR count). The summed E-state index contributed by atoms with van der Waals surface area (Å²) in [6, 6.07) is 9.35. The van der Waals surface area contributed by atoms with Gasteiger partial charge in [0.15, 0.2) is 0 Å². The van der Waals surface area contributed by atoms with Gasteiger partial charge >= 0.3 is 0 Å². The van der Waals surface area contributed by atoms with Crippen molar-refractivity contribution < 1.29 is 8.95 Å². The molecule has 1 atom stereocenters. The minimum Gasteiger partial charge on any atom is -0.497 e. The molecule has 0 aliphatic carbocycles. The van der Waals surface area contributed by atoms with Crippen molar-refractivity contribution in [3.8, 4) is 16.9 Å². The highest BCUT2D eigenvalue weighted by molar-refractivity contribution is 7.86. The summed E-state index contributed by atoms with van der Waals surface area (Å²) in [5.74, 6) is 0.693. The molecule has 3 aromatic rings. The molecular formula is C18H21N3O2S. The molecule has 5 nitrogen and oxygen atoms in total. The van der Waals surface area contributed by atoms with E-state index in [9.17, 15) is 4.21 Å². The Hall–Kier alpha value is -2.34. The molecule has 24 heavy (non-hydrogen) atoms. The van der Waals surface area contributed by atoms with Gasteiger partial charge in [-0.15, -0.1) is 0 Å². The highest BCUT2D eigenvalue weighted by atomic mass is 32.2. The van der Waals surface area contributed by atoms with Gasteiger partial charge in [-0.2, -0.15) is 5.10 Å². The summed E-state index contributed by atoms with van der Waals surface area (Å²) < 4.78 is 19.4. The molecule has 0 spiro atoms. The number of aromatic nitrogens is 2. The number of rotatable bonds is 3. The van der Waals surface area contributed by atoms with Crippen molar-refractivity contribution in [3.05, 3.63) is 42.7 Å². The molecule has 2 heterocycles. The quantitative estimate of drug-likeness (QED) is 0.739. The van der Waals surface area contributed by atoms with Crippen LogP contribution in [0.25, 0.3) is 16.6 Å². The van der Waals surface area contributed by atoms with Crippen LogP contribution >= 0.6 is 0 Å². The Morgan fingerprint density at radius 1 is 1.21 bits per heavy atom. The van der Waals surface area contributed by atoms with E-state index in [4.69, 9.17) is 10.5 Å². The maximum absolute atomic E-state index is 12.7. The molecule has 2 aromatic heterocycles. The monoisotopic (exact) mass is 343 g/mol. The van der Waals surface area contributed by atoms with E-state index < -0.39 is 10.8 Å². The number of methoxy groups -OCH3 is 1. The van der Waals surface area contributed by atoms with Crippen LogP contribution in [0.2, 0.25) is 0 Å². The molecule has 0 aliphatic rings.